The van der Waals surface area contributed by atoms with Crippen LogP contribution >= 0.6 is 0 Å². The Morgan fingerprint density at radius 2 is 1.54 bits per heavy atom. The lowest BCUT2D eigenvalue weighted by atomic mass is 9.98. The molecule has 2 aromatic heterocycles. The SMILES string of the molecule is CCCCc1nnc(-c2ccccc2)c(=O)n1Cc1ccc(-c2ccccc2-c2nn[nH]n2)cc1. The van der Waals surface area contributed by atoms with E-state index >= 15 is 0 Å². The minimum atomic E-state index is -0.121. The molecule has 0 aliphatic heterocycles. The Bertz CT molecular complexity index is 1460. The summed E-state index contributed by atoms with van der Waals surface area (Å²) in [5.74, 6) is 1.26. The molecular formula is C27H25N7O. The fraction of sp³-hybridized carbons (Fsp3) is 0.185. The Kier molecular flexibility index (Phi) is 6.52. The number of aryl methyl sites for hydroxylation is 1. The molecule has 0 amide bonds. The second-order valence-electron chi connectivity index (χ2n) is 8.30. The molecule has 0 bridgehead atoms. The maximum absolute atomic E-state index is 13.5. The number of unbranched alkanes of at least 4 members (excludes halogenated alkanes) is 1. The van der Waals surface area contributed by atoms with Crippen LogP contribution in [-0.4, -0.2) is 35.4 Å². The zero-order chi connectivity index (χ0) is 24.0. The summed E-state index contributed by atoms with van der Waals surface area (Å²) in [7, 11) is 0. The molecule has 0 saturated carbocycles. The summed E-state index contributed by atoms with van der Waals surface area (Å²) in [6.07, 6.45) is 2.68. The van der Waals surface area contributed by atoms with Gasteiger partial charge in [-0.2, -0.15) is 5.21 Å². The molecule has 0 saturated heterocycles. The lowest BCUT2D eigenvalue weighted by molar-refractivity contribution is 0.615. The molecule has 8 heteroatoms. The van der Waals surface area contributed by atoms with Gasteiger partial charge in [-0.25, -0.2) is 0 Å². The van der Waals surface area contributed by atoms with E-state index < -0.39 is 0 Å². The zero-order valence-electron chi connectivity index (χ0n) is 19.4. The molecule has 0 unspecified atom stereocenters. The number of aromatic nitrogens is 7. The largest absolute Gasteiger partial charge is 0.289 e. The van der Waals surface area contributed by atoms with E-state index in [4.69, 9.17) is 0 Å². The highest BCUT2D eigenvalue weighted by Crippen LogP contribution is 2.29. The summed E-state index contributed by atoms with van der Waals surface area (Å²) in [5.41, 5.74) is 4.98. The van der Waals surface area contributed by atoms with Gasteiger partial charge in [-0.1, -0.05) is 92.2 Å². The van der Waals surface area contributed by atoms with Gasteiger partial charge in [0.25, 0.3) is 5.56 Å². The average Bonchev–Trinajstić information content (AvgIpc) is 3.45. The van der Waals surface area contributed by atoms with Gasteiger partial charge in [0.05, 0.1) is 6.54 Å². The first kappa shape index (κ1) is 22.3. The van der Waals surface area contributed by atoms with Gasteiger partial charge in [0.1, 0.15) is 5.82 Å². The number of aromatic amines is 1. The predicted octanol–water partition coefficient (Wildman–Crippen LogP) is 4.54. The van der Waals surface area contributed by atoms with E-state index in [1.165, 1.54) is 0 Å². The second kappa shape index (κ2) is 10.2. The van der Waals surface area contributed by atoms with Gasteiger partial charge in [0, 0.05) is 17.5 Å². The van der Waals surface area contributed by atoms with E-state index in [1.807, 2.05) is 66.7 Å². The van der Waals surface area contributed by atoms with Crippen molar-refractivity contribution in [2.75, 3.05) is 0 Å². The highest BCUT2D eigenvalue weighted by atomic mass is 16.1. The third kappa shape index (κ3) is 4.77. The van der Waals surface area contributed by atoms with Crippen molar-refractivity contribution in [3.63, 3.8) is 0 Å². The third-order valence-corrected chi connectivity index (χ3v) is 5.94. The number of benzene rings is 3. The van der Waals surface area contributed by atoms with Crippen molar-refractivity contribution < 1.29 is 0 Å². The number of hydrogen-bond donors (Lipinski definition) is 1. The van der Waals surface area contributed by atoms with Crippen molar-refractivity contribution in [2.24, 2.45) is 0 Å². The first-order chi connectivity index (χ1) is 17.2. The molecule has 5 aromatic rings. The van der Waals surface area contributed by atoms with E-state index in [2.05, 4.69) is 49.9 Å². The number of H-pyrrole nitrogens is 1. The highest BCUT2D eigenvalue weighted by molar-refractivity contribution is 5.80. The van der Waals surface area contributed by atoms with E-state index in [0.29, 0.717) is 30.3 Å². The second-order valence-corrected chi connectivity index (χ2v) is 8.30. The smallest absolute Gasteiger partial charge is 0.280 e. The maximum atomic E-state index is 13.5. The van der Waals surface area contributed by atoms with Crippen LogP contribution in [0.25, 0.3) is 33.8 Å². The van der Waals surface area contributed by atoms with Crippen LogP contribution in [0.5, 0.6) is 0 Å². The van der Waals surface area contributed by atoms with Crippen molar-refractivity contribution in [2.45, 2.75) is 32.7 Å². The molecule has 3 aromatic carbocycles. The maximum Gasteiger partial charge on any atom is 0.280 e. The van der Waals surface area contributed by atoms with Crippen molar-refractivity contribution in [3.05, 3.63) is 101 Å². The molecule has 35 heavy (non-hydrogen) atoms. The van der Waals surface area contributed by atoms with Gasteiger partial charge in [-0.3, -0.25) is 9.36 Å². The third-order valence-electron chi connectivity index (χ3n) is 5.94. The van der Waals surface area contributed by atoms with Gasteiger partial charge < -0.3 is 0 Å². The van der Waals surface area contributed by atoms with Crippen molar-refractivity contribution in [1.29, 1.82) is 0 Å². The molecule has 0 radical (unpaired) electrons. The molecular weight excluding hydrogens is 438 g/mol. The molecule has 8 nitrogen and oxygen atoms in total. The lowest BCUT2D eigenvalue weighted by Gasteiger charge is -2.14. The van der Waals surface area contributed by atoms with Crippen molar-refractivity contribution in [1.82, 2.24) is 35.4 Å². The predicted molar refractivity (Wildman–Crippen MR) is 134 cm³/mol. The van der Waals surface area contributed by atoms with Crippen molar-refractivity contribution >= 4 is 0 Å². The van der Waals surface area contributed by atoms with Crippen LogP contribution in [0.3, 0.4) is 0 Å². The van der Waals surface area contributed by atoms with Crippen LogP contribution in [0, 0.1) is 0 Å². The van der Waals surface area contributed by atoms with Gasteiger partial charge in [-0.15, -0.1) is 20.4 Å². The zero-order valence-corrected chi connectivity index (χ0v) is 19.4. The van der Waals surface area contributed by atoms with E-state index in [9.17, 15) is 4.79 Å². The van der Waals surface area contributed by atoms with Gasteiger partial charge in [-0.05, 0) is 28.3 Å². The number of nitrogens with one attached hydrogen (secondary N) is 1. The summed E-state index contributed by atoms with van der Waals surface area (Å²) in [5, 5.41) is 23.2. The van der Waals surface area contributed by atoms with Crippen LogP contribution in [0.1, 0.15) is 31.2 Å². The van der Waals surface area contributed by atoms with E-state index in [1.54, 1.807) is 4.57 Å². The number of rotatable bonds is 8. The molecule has 0 atom stereocenters. The fourth-order valence-electron chi connectivity index (χ4n) is 4.09. The number of hydrogen-bond acceptors (Lipinski definition) is 6. The topological polar surface area (TPSA) is 102 Å². The standard InChI is InChI=1S/C27H25N7O/c1-2-3-13-24-28-29-25(21-9-5-4-6-10-21)27(35)34(24)18-19-14-16-20(17-15-19)22-11-7-8-12-23(22)26-30-32-33-31-26/h4-12,14-17H,2-3,13,18H2,1H3,(H,30,31,32,33). The van der Waals surface area contributed by atoms with Crippen LogP contribution in [0.4, 0.5) is 0 Å². The number of nitrogens with zero attached hydrogens (tertiary/aromatic N) is 6. The molecule has 2 heterocycles. The van der Waals surface area contributed by atoms with E-state index in [0.717, 1.165) is 40.7 Å². The fourth-order valence-corrected chi connectivity index (χ4v) is 4.09. The molecule has 174 valence electrons. The minimum absolute atomic E-state index is 0.121. The monoisotopic (exact) mass is 463 g/mol. The summed E-state index contributed by atoms with van der Waals surface area (Å²) in [4.78, 5) is 13.5. The van der Waals surface area contributed by atoms with Gasteiger partial charge in [0.2, 0.25) is 5.82 Å². The van der Waals surface area contributed by atoms with Crippen LogP contribution in [-0.2, 0) is 13.0 Å². The molecule has 0 aliphatic rings. The van der Waals surface area contributed by atoms with E-state index in [-0.39, 0.29) is 5.56 Å². The lowest BCUT2D eigenvalue weighted by Crippen LogP contribution is -2.28. The van der Waals surface area contributed by atoms with Crippen LogP contribution in [0.15, 0.2) is 83.7 Å². The summed E-state index contributed by atoms with van der Waals surface area (Å²) in [6, 6.07) is 25.6. The first-order valence-corrected chi connectivity index (χ1v) is 11.7. The summed E-state index contributed by atoms with van der Waals surface area (Å²) < 4.78 is 1.76. The van der Waals surface area contributed by atoms with Gasteiger partial charge >= 0.3 is 0 Å². The Morgan fingerprint density at radius 3 is 2.26 bits per heavy atom. The Balaban J connectivity index is 1.48. The summed E-state index contributed by atoms with van der Waals surface area (Å²) >= 11 is 0. The Labute approximate surface area is 202 Å². The minimum Gasteiger partial charge on any atom is -0.289 e. The quantitative estimate of drug-likeness (QED) is 0.362. The average molecular weight is 464 g/mol. The number of tetrazole rings is 1. The Morgan fingerprint density at radius 1 is 0.800 bits per heavy atom. The molecule has 5 rings (SSSR count). The van der Waals surface area contributed by atoms with Crippen molar-refractivity contribution in [3.8, 4) is 33.8 Å². The molecule has 0 aliphatic carbocycles. The van der Waals surface area contributed by atoms with Gasteiger partial charge in [0.15, 0.2) is 5.69 Å². The normalized spacial score (nSPS) is 11.0. The molecule has 1 N–H and O–H groups in total. The van der Waals surface area contributed by atoms with Crippen LogP contribution in [0.2, 0.25) is 0 Å². The Hall–Kier alpha value is -4.46. The first-order valence-electron chi connectivity index (χ1n) is 11.7. The van der Waals surface area contributed by atoms with Crippen LogP contribution < -0.4 is 5.56 Å². The molecule has 0 spiro atoms. The summed E-state index contributed by atoms with van der Waals surface area (Å²) in [6.45, 7) is 2.55. The molecule has 0 fully saturated rings. The highest BCUT2D eigenvalue weighted by Gasteiger charge is 2.15.